The van der Waals surface area contributed by atoms with Crippen LogP contribution < -0.4 is 0 Å². The van der Waals surface area contributed by atoms with Crippen LogP contribution in [0.1, 0.15) is 27.9 Å². The zero-order chi connectivity index (χ0) is 17.1. The highest BCUT2D eigenvalue weighted by Crippen LogP contribution is 2.29. The summed E-state index contributed by atoms with van der Waals surface area (Å²) in [6.45, 7) is 0. The van der Waals surface area contributed by atoms with Crippen molar-refractivity contribution in [2.45, 2.75) is 12.8 Å². The molecule has 0 heterocycles. The Hall–Kier alpha value is -3.09. The van der Waals surface area contributed by atoms with Gasteiger partial charge in [-0.15, -0.1) is 0 Å². The Morgan fingerprint density at radius 2 is 1.70 bits per heavy atom. The van der Waals surface area contributed by atoms with E-state index >= 15 is 0 Å². The number of hydrogen-bond donors (Lipinski definition) is 4. The standard InChI is InChI=1S/C16H13FO6/c17-11-6-10(18)7-13(20)15(11)16(23)9-1-3-12(19)8(5-9)2-4-14(21)22/h1,3,5-7,18-20H,2,4H2,(H,21,22). The fourth-order valence-corrected chi connectivity index (χ4v) is 2.12. The van der Waals surface area contributed by atoms with Gasteiger partial charge >= 0.3 is 5.97 Å². The molecular formula is C16H13FO6. The van der Waals surface area contributed by atoms with Crippen molar-refractivity contribution >= 4 is 11.8 Å². The summed E-state index contributed by atoms with van der Waals surface area (Å²) < 4.78 is 13.8. The minimum Gasteiger partial charge on any atom is -0.508 e. The number of carbonyl (C=O) groups is 2. The lowest BCUT2D eigenvalue weighted by Gasteiger charge is -2.09. The Labute approximate surface area is 130 Å². The van der Waals surface area contributed by atoms with E-state index in [9.17, 15) is 29.3 Å². The quantitative estimate of drug-likeness (QED) is 0.628. The molecule has 0 radical (unpaired) electrons. The molecule has 0 aliphatic carbocycles. The molecule has 0 spiro atoms. The Morgan fingerprint density at radius 3 is 2.30 bits per heavy atom. The van der Waals surface area contributed by atoms with Crippen molar-refractivity contribution in [2.24, 2.45) is 0 Å². The third-order valence-corrected chi connectivity index (χ3v) is 3.23. The van der Waals surface area contributed by atoms with E-state index in [1.54, 1.807) is 0 Å². The normalized spacial score (nSPS) is 10.5. The number of carbonyl (C=O) groups excluding carboxylic acids is 1. The lowest BCUT2D eigenvalue weighted by Crippen LogP contribution is -2.06. The molecule has 0 fully saturated rings. The highest BCUT2D eigenvalue weighted by atomic mass is 19.1. The largest absolute Gasteiger partial charge is 0.508 e. The van der Waals surface area contributed by atoms with Crippen LogP contribution in [-0.2, 0) is 11.2 Å². The Bertz CT molecular complexity index is 761. The fourth-order valence-electron chi connectivity index (χ4n) is 2.12. The van der Waals surface area contributed by atoms with Crippen molar-refractivity contribution in [2.75, 3.05) is 0 Å². The van der Waals surface area contributed by atoms with Gasteiger partial charge in [-0.2, -0.15) is 0 Å². The third-order valence-electron chi connectivity index (χ3n) is 3.23. The molecular weight excluding hydrogens is 307 g/mol. The summed E-state index contributed by atoms with van der Waals surface area (Å²) in [6, 6.07) is 5.20. The predicted molar refractivity (Wildman–Crippen MR) is 77.2 cm³/mol. The number of ketones is 1. The molecule has 0 bridgehead atoms. The van der Waals surface area contributed by atoms with E-state index in [1.807, 2.05) is 0 Å². The first kappa shape index (κ1) is 16.3. The molecule has 0 aliphatic rings. The van der Waals surface area contributed by atoms with Gasteiger partial charge in [0.1, 0.15) is 28.6 Å². The van der Waals surface area contributed by atoms with E-state index < -0.39 is 34.6 Å². The number of aryl methyl sites for hydroxylation is 1. The Balaban J connectivity index is 2.40. The van der Waals surface area contributed by atoms with E-state index in [0.717, 1.165) is 6.07 Å². The van der Waals surface area contributed by atoms with Gasteiger partial charge in [0.05, 0.1) is 0 Å². The molecule has 0 atom stereocenters. The molecule has 0 saturated heterocycles. The maximum absolute atomic E-state index is 13.8. The number of halogens is 1. The van der Waals surface area contributed by atoms with E-state index in [1.165, 1.54) is 18.2 Å². The van der Waals surface area contributed by atoms with Gasteiger partial charge in [-0.05, 0) is 30.2 Å². The zero-order valence-electron chi connectivity index (χ0n) is 11.8. The highest BCUT2D eigenvalue weighted by Gasteiger charge is 2.21. The van der Waals surface area contributed by atoms with E-state index in [0.29, 0.717) is 6.07 Å². The summed E-state index contributed by atoms with van der Waals surface area (Å²) in [5.41, 5.74) is -0.419. The number of hydrogen-bond acceptors (Lipinski definition) is 5. The molecule has 120 valence electrons. The van der Waals surface area contributed by atoms with Gasteiger partial charge in [0.15, 0.2) is 5.78 Å². The molecule has 0 unspecified atom stereocenters. The van der Waals surface area contributed by atoms with Gasteiger partial charge in [0.25, 0.3) is 0 Å². The van der Waals surface area contributed by atoms with E-state index in [-0.39, 0.29) is 29.7 Å². The van der Waals surface area contributed by atoms with Crippen molar-refractivity contribution in [1.29, 1.82) is 0 Å². The summed E-state index contributed by atoms with van der Waals surface area (Å²) in [7, 11) is 0. The molecule has 0 amide bonds. The van der Waals surface area contributed by atoms with Crippen molar-refractivity contribution in [3.05, 3.63) is 52.8 Å². The summed E-state index contributed by atoms with van der Waals surface area (Å²) in [6.07, 6.45) is -0.254. The number of aromatic hydroxyl groups is 3. The molecule has 0 saturated carbocycles. The summed E-state index contributed by atoms with van der Waals surface area (Å²) in [5, 5.41) is 37.2. The number of rotatable bonds is 5. The maximum atomic E-state index is 13.8. The highest BCUT2D eigenvalue weighted by molar-refractivity contribution is 6.11. The average Bonchev–Trinajstić information content (AvgIpc) is 2.45. The molecule has 2 aromatic carbocycles. The van der Waals surface area contributed by atoms with Crippen LogP contribution in [0, 0.1) is 5.82 Å². The van der Waals surface area contributed by atoms with Crippen molar-refractivity contribution in [3.63, 3.8) is 0 Å². The molecule has 7 heteroatoms. The van der Waals surface area contributed by atoms with Crippen LogP contribution in [0.5, 0.6) is 17.2 Å². The Kier molecular flexibility index (Phi) is 4.49. The minimum absolute atomic E-state index is 0.00761. The number of benzene rings is 2. The van der Waals surface area contributed by atoms with E-state index in [2.05, 4.69) is 0 Å². The third kappa shape index (κ3) is 3.57. The second-order valence-corrected chi connectivity index (χ2v) is 4.89. The van der Waals surface area contributed by atoms with Gasteiger partial charge < -0.3 is 20.4 Å². The maximum Gasteiger partial charge on any atom is 0.303 e. The van der Waals surface area contributed by atoms with Crippen LogP contribution in [-0.4, -0.2) is 32.2 Å². The van der Waals surface area contributed by atoms with Crippen molar-refractivity contribution in [1.82, 2.24) is 0 Å². The second-order valence-electron chi connectivity index (χ2n) is 4.89. The van der Waals surface area contributed by atoms with Crippen LogP contribution in [0.2, 0.25) is 0 Å². The predicted octanol–water partition coefficient (Wildman–Crippen LogP) is 2.19. The first-order chi connectivity index (χ1) is 10.8. The van der Waals surface area contributed by atoms with Crippen LogP contribution >= 0.6 is 0 Å². The summed E-state index contributed by atoms with van der Waals surface area (Å²) in [5.74, 6) is -4.43. The van der Waals surface area contributed by atoms with Crippen LogP contribution in [0.15, 0.2) is 30.3 Å². The molecule has 4 N–H and O–H groups in total. The first-order valence-electron chi connectivity index (χ1n) is 6.59. The minimum atomic E-state index is -1.09. The monoisotopic (exact) mass is 320 g/mol. The second kappa shape index (κ2) is 6.35. The number of carboxylic acids is 1. The van der Waals surface area contributed by atoms with Gasteiger partial charge in [-0.1, -0.05) is 0 Å². The van der Waals surface area contributed by atoms with Crippen LogP contribution in [0.25, 0.3) is 0 Å². The lowest BCUT2D eigenvalue weighted by atomic mass is 9.98. The molecule has 2 aromatic rings. The summed E-state index contributed by atoms with van der Waals surface area (Å²) >= 11 is 0. The average molecular weight is 320 g/mol. The van der Waals surface area contributed by atoms with E-state index in [4.69, 9.17) is 5.11 Å². The van der Waals surface area contributed by atoms with Gasteiger partial charge in [0, 0.05) is 24.1 Å². The molecule has 0 aliphatic heterocycles. The van der Waals surface area contributed by atoms with Gasteiger partial charge in [0.2, 0.25) is 0 Å². The Morgan fingerprint density at radius 1 is 1.00 bits per heavy atom. The summed E-state index contributed by atoms with van der Waals surface area (Å²) in [4.78, 5) is 22.9. The smallest absolute Gasteiger partial charge is 0.303 e. The molecule has 23 heavy (non-hydrogen) atoms. The van der Waals surface area contributed by atoms with Crippen LogP contribution in [0.3, 0.4) is 0 Å². The van der Waals surface area contributed by atoms with Crippen molar-refractivity contribution in [3.8, 4) is 17.2 Å². The topological polar surface area (TPSA) is 115 Å². The fraction of sp³-hybridized carbons (Fsp3) is 0.125. The SMILES string of the molecule is O=C(O)CCc1cc(C(=O)c2c(O)cc(O)cc2F)ccc1O. The van der Waals surface area contributed by atoms with Crippen LogP contribution in [0.4, 0.5) is 4.39 Å². The van der Waals surface area contributed by atoms with Gasteiger partial charge in [-0.25, -0.2) is 4.39 Å². The number of aliphatic carboxylic acids is 1. The molecule has 2 rings (SSSR count). The molecule has 6 nitrogen and oxygen atoms in total. The number of phenols is 3. The van der Waals surface area contributed by atoms with Crippen molar-refractivity contribution < 1.29 is 34.4 Å². The molecule has 0 aromatic heterocycles. The lowest BCUT2D eigenvalue weighted by molar-refractivity contribution is -0.136. The number of carboxylic acid groups (broad SMARTS) is 1. The number of phenolic OH excluding ortho intramolecular Hbond substituents is 3. The van der Waals surface area contributed by atoms with Gasteiger partial charge in [-0.3, -0.25) is 9.59 Å². The first-order valence-corrected chi connectivity index (χ1v) is 6.59. The zero-order valence-corrected chi connectivity index (χ0v) is 11.8.